The van der Waals surface area contributed by atoms with Crippen molar-refractivity contribution in [2.75, 3.05) is 0 Å². The molecule has 9 heteroatoms. The van der Waals surface area contributed by atoms with Crippen molar-refractivity contribution in [1.29, 1.82) is 5.26 Å². The zero-order chi connectivity index (χ0) is 13.9. The molecule has 0 radical (unpaired) electrons. The lowest BCUT2D eigenvalue weighted by molar-refractivity contribution is -0.276. The lowest BCUT2D eigenvalue weighted by Crippen LogP contribution is -2.19. The third-order valence-electron chi connectivity index (χ3n) is 1.73. The number of hydrogen-bond acceptors (Lipinski definition) is 3. The Morgan fingerprint density at radius 2 is 2.06 bits per heavy atom. The number of alkyl halides is 5. The molecule has 0 spiro atoms. The van der Waals surface area contributed by atoms with Crippen molar-refractivity contribution < 1.29 is 26.7 Å². The van der Waals surface area contributed by atoms with Crippen LogP contribution >= 0.6 is 22.6 Å². The van der Waals surface area contributed by atoms with Crippen LogP contribution in [0.1, 0.15) is 17.7 Å². The Labute approximate surface area is 112 Å². The molecule has 0 amide bonds. The van der Waals surface area contributed by atoms with Gasteiger partial charge >= 0.3 is 6.36 Å². The number of rotatable bonds is 3. The topological polar surface area (TPSA) is 45.9 Å². The van der Waals surface area contributed by atoms with E-state index in [0.717, 1.165) is 6.07 Å². The smallest absolute Gasteiger partial charge is 0.387 e. The molecule has 0 saturated carbocycles. The minimum Gasteiger partial charge on any atom is -0.387 e. The van der Waals surface area contributed by atoms with Crippen molar-refractivity contribution in [3.63, 3.8) is 0 Å². The molecule has 0 saturated heterocycles. The Morgan fingerprint density at radius 1 is 1.44 bits per heavy atom. The van der Waals surface area contributed by atoms with Crippen LogP contribution in [0, 0.1) is 14.9 Å². The number of halogens is 6. The first-order chi connectivity index (χ1) is 8.24. The van der Waals surface area contributed by atoms with E-state index in [1.165, 1.54) is 22.6 Å². The molecule has 0 bridgehead atoms. The SMILES string of the molecule is N#CCc1cc(C(F)F)nc(OC(F)(F)F)c1I. The fraction of sp³-hybridized carbons (Fsp3) is 0.333. The van der Waals surface area contributed by atoms with Crippen LogP contribution in [0.3, 0.4) is 0 Å². The highest BCUT2D eigenvalue weighted by Gasteiger charge is 2.33. The van der Waals surface area contributed by atoms with Gasteiger partial charge in [0.1, 0.15) is 5.69 Å². The van der Waals surface area contributed by atoms with E-state index < -0.39 is 24.4 Å². The Balaban J connectivity index is 3.27. The molecule has 18 heavy (non-hydrogen) atoms. The summed E-state index contributed by atoms with van der Waals surface area (Å²) in [5.74, 6) is -0.967. The van der Waals surface area contributed by atoms with E-state index in [1.54, 1.807) is 6.07 Å². The highest BCUT2D eigenvalue weighted by atomic mass is 127. The fourth-order valence-electron chi connectivity index (χ4n) is 1.08. The number of ether oxygens (including phenoxy) is 1. The van der Waals surface area contributed by atoms with E-state index in [0.29, 0.717) is 0 Å². The first-order valence-corrected chi connectivity index (χ1v) is 5.42. The van der Waals surface area contributed by atoms with Crippen molar-refractivity contribution in [3.8, 4) is 11.9 Å². The molecule has 1 rings (SSSR count). The maximum Gasteiger partial charge on any atom is 0.574 e. The number of hydrogen-bond donors (Lipinski definition) is 0. The number of pyridine rings is 1. The molecule has 0 atom stereocenters. The van der Waals surface area contributed by atoms with Crippen LogP contribution in [-0.4, -0.2) is 11.3 Å². The summed E-state index contributed by atoms with van der Waals surface area (Å²) in [5, 5.41) is 8.47. The molecule has 98 valence electrons. The summed E-state index contributed by atoms with van der Waals surface area (Å²) in [4.78, 5) is 3.09. The van der Waals surface area contributed by atoms with Crippen molar-refractivity contribution >= 4 is 22.6 Å². The summed E-state index contributed by atoms with van der Waals surface area (Å²) in [5.41, 5.74) is -0.845. The molecule has 3 nitrogen and oxygen atoms in total. The average Bonchev–Trinajstić information content (AvgIpc) is 2.21. The highest BCUT2D eigenvalue weighted by molar-refractivity contribution is 14.1. The molecule has 0 N–H and O–H groups in total. The summed E-state index contributed by atoms with van der Waals surface area (Å²) in [7, 11) is 0. The summed E-state index contributed by atoms with van der Waals surface area (Å²) < 4.78 is 64.5. The third-order valence-corrected chi connectivity index (χ3v) is 2.88. The molecule has 1 aromatic heterocycles. The first-order valence-electron chi connectivity index (χ1n) is 4.34. The zero-order valence-electron chi connectivity index (χ0n) is 8.43. The van der Waals surface area contributed by atoms with Gasteiger partial charge in [-0.05, 0) is 34.2 Å². The van der Waals surface area contributed by atoms with Gasteiger partial charge in [0.2, 0.25) is 5.88 Å². The predicted octanol–water partition coefficient (Wildman–Crippen LogP) is 3.59. The lowest BCUT2D eigenvalue weighted by Gasteiger charge is -2.13. The van der Waals surface area contributed by atoms with E-state index >= 15 is 0 Å². The maximum atomic E-state index is 12.4. The van der Waals surface area contributed by atoms with Gasteiger partial charge in [-0.25, -0.2) is 13.8 Å². The number of nitrogens with zero attached hydrogens (tertiary/aromatic N) is 2. The van der Waals surface area contributed by atoms with Gasteiger partial charge in [-0.15, -0.1) is 13.2 Å². The molecule has 0 aliphatic rings. The Morgan fingerprint density at radius 3 is 2.50 bits per heavy atom. The standard InChI is InChI=1S/C9H4F5IN2O/c10-7(11)5-3-4(1-2-16)6(15)8(17-5)18-9(12,13)14/h3,7H,1H2. The van der Waals surface area contributed by atoms with Crippen LogP contribution < -0.4 is 4.74 Å². The number of nitriles is 1. The second-order valence-corrected chi connectivity index (χ2v) is 4.09. The lowest BCUT2D eigenvalue weighted by atomic mass is 10.2. The Hall–Kier alpha value is -1.18. The normalized spacial score (nSPS) is 11.4. The van der Waals surface area contributed by atoms with Crippen molar-refractivity contribution in [1.82, 2.24) is 4.98 Å². The minimum atomic E-state index is -5.03. The van der Waals surface area contributed by atoms with Gasteiger partial charge in [0, 0.05) is 0 Å². The minimum absolute atomic E-state index is 0.0163. The van der Waals surface area contributed by atoms with Crippen molar-refractivity contribution in [2.45, 2.75) is 19.2 Å². The van der Waals surface area contributed by atoms with Crippen LogP contribution in [-0.2, 0) is 6.42 Å². The second-order valence-electron chi connectivity index (χ2n) is 3.01. The number of aromatic nitrogens is 1. The van der Waals surface area contributed by atoms with Crippen LogP contribution in [0.25, 0.3) is 0 Å². The largest absolute Gasteiger partial charge is 0.574 e. The van der Waals surface area contributed by atoms with Gasteiger partial charge in [0.25, 0.3) is 6.43 Å². The molecule has 0 unspecified atom stereocenters. The van der Waals surface area contributed by atoms with Crippen molar-refractivity contribution in [3.05, 3.63) is 20.9 Å². The molecule has 0 fully saturated rings. The van der Waals surface area contributed by atoms with Crippen LogP contribution in [0.15, 0.2) is 6.07 Å². The van der Waals surface area contributed by atoms with Crippen LogP contribution in [0.4, 0.5) is 22.0 Å². The van der Waals surface area contributed by atoms with Crippen LogP contribution in [0.5, 0.6) is 5.88 Å². The molecule has 1 heterocycles. The summed E-state index contributed by atoms with van der Waals surface area (Å²) in [6.07, 6.45) is -8.39. The van der Waals surface area contributed by atoms with Crippen LogP contribution in [0.2, 0.25) is 0 Å². The highest BCUT2D eigenvalue weighted by Crippen LogP contribution is 2.31. The Bertz CT molecular complexity index is 483. The average molecular weight is 378 g/mol. The Kier molecular flexibility index (Phi) is 4.66. The van der Waals surface area contributed by atoms with Crippen molar-refractivity contribution in [2.24, 2.45) is 0 Å². The summed E-state index contributed by atoms with van der Waals surface area (Å²) in [6.45, 7) is 0. The summed E-state index contributed by atoms with van der Waals surface area (Å²) >= 11 is 1.46. The molecule has 0 aromatic carbocycles. The van der Waals surface area contributed by atoms with Gasteiger partial charge in [0.05, 0.1) is 16.1 Å². The molecule has 0 aliphatic heterocycles. The van der Waals surface area contributed by atoms with E-state index in [1.807, 2.05) is 0 Å². The molecular weight excluding hydrogens is 374 g/mol. The summed E-state index contributed by atoms with van der Waals surface area (Å²) in [6, 6.07) is 2.55. The van der Waals surface area contributed by atoms with E-state index in [4.69, 9.17) is 5.26 Å². The fourth-order valence-corrected chi connectivity index (χ4v) is 1.66. The van der Waals surface area contributed by atoms with Gasteiger partial charge in [-0.3, -0.25) is 0 Å². The van der Waals surface area contributed by atoms with Gasteiger partial charge in [0.15, 0.2) is 0 Å². The molecule has 1 aromatic rings. The van der Waals surface area contributed by atoms with E-state index in [9.17, 15) is 22.0 Å². The van der Waals surface area contributed by atoms with E-state index in [-0.39, 0.29) is 15.6 Å². The predicted molar refractivity (Wildman–Crippen MR) is 57.9 cm³/mol. The van der Waals surface area contributed by atoms with Gasteiger partial charge in [-0.1, -0.05) is 0 Å². The molecule has 0 aliphatic carbocycles. The second kappa shape index (κ2) is 5.64. The third kappa shape index (κ3) is 3.94. The molecular formula is C9H4F5IN2O. The first kappa shape index (κ1) is 14.9. The quantitative estimate of drug-likeness (QED) is 0.597. The van der Waals surface area contributed by atoms with Gasteiger partial charge < -0.3 is 4.74 Å². The van der Waals surface area contributed by atoms with E-state index in [2.05, 4.69) is 9.72 Å². The maximum absolute atomic E-state index is 12.4. The van der Waals surface area contributed by atoms with Gasteiger partial charge in [-0.2, -0.15) is 5.26 Å². The monoisotopic (exact) mass is 378 g/mol. The zero-order valence-corrected chi connectivity index (χ0v) is 10.6.